The number of rotatable bonds is 6. The lowest BCUT2D eigenvalue weighted by Crippen LogP contribution is -2.49. The maximum atomic E-state index is 11.3. The fraction of sp³-hybridized carbons (Fsp3) is 0.571. The second-order valence-corrected chi connectivity index (χ2v) is 6.95. The second-order valence-electron chi connectivity index (χ2n) is 5.11. The SMILES string of the molecule is CS(=O)(=O)NCC(Cc1ccccc1)N1CCOCC1. The molecular formula is C14H22N2O3S. The standard InChI is InChI=1S/C14H22N2O3S/c1-20(17,18)15-12-14(16-7-9-19-10-8-16)11-13-5-3-2-4-6-13/h2-6,14-15H,7-12H2,1H3. The van der Waals surface area contributed by atoms with Crippen LogP contribution < -0.4 is 4.72 Å². The van der Waals surface area contributed by atoms with Gasteiger partial charge >= 0.3 is 0 Å². The Balaban J connectivity index is 2.02. The van der Waals surface area contributed by atoms with Crippen molar-refractivity contribution in [2.45, 2.75) is 12.5 Å². The van der Waals surface area contributed by atoms with Gasteiger partial charge in [-0.2, -0.15) is 0 Å². The topological polar surface area (TPSA) is 58.6 Å². The van der Waals surface area contributed by atoms with Crippen molar-refractivity contribution < 1.29 is 13.2 Å². The molecule has 1 saturated heterocycles. The molecule has 0 bridgehead atoms. The number of hydrogen-bond acceptors (Lipinski definition) is 4. The Hall–Kier alpha value is -0.950. The normalized spacial score (nSPS) is 18.9. The molecule has 0 saturated carbocycles. The van der Waals surface area contributed by atoms with Gasteiger partial charge in [0.2, 0.25) is 10.0 Å². The third-order valence-electron chi connectivity index (χ3n) is 3.46. The Morgan fingerprint density at radius 3 is 2.50 bits per heavy atom. The summed E-state index contributed by atoms with van der Waals surface area (Å²) in [5.74, 6) is 0. The van der Waals surface area contributed by atoms with E-state index in [1.54, 1.807) is 0 Å². The first kappa shape index (κ1) is 15.4. The van der Waals surface area contributed by atoms with E-state index >= 15 is 0 Å². The molecular weight excluding hydrogens is 276 g/mol. The lowest BCUT2D eigenvalue weighted by atomic mass is 10.0. The molecule has 5 nitrogen and oxygen atoms in total. The Kier molecular flexibility index (Phi) is 5.54. The van der Waals surface area contributed by atoms with E-state index in [4.69, 9.17) is 4.74 Å². The summed E-state index contributed by atoms with van der Waals surface area (Å²) in [6.45, 7) is 3.56. The lowest BCUT2D eigenvalue weighted by Gasteiger charge is -2.34. The number of sulfonamides is 1. The van der Waals surface area contributed by atoms with Gasteiger partial charge in [-0.15, -0.1) is 0 Å². The van der Waals surface area contributed by atoms with E-state index in [0.29, 0.717) is 19.8 Å². The van der Waals surface area contributed by atoms with Crippen molar-refractivity contribution in [3.05, 3.63) is 35.9 Å². The molecule has 1 atom stereocenters. The number of benzene rings is 1. The van der Waals surface area contributed by atoms with Crippen molar-refractivity contribution in [1.29, 1.82) is 0 Å². The maximum absolute atomic E-state index is 11.3. The minimum absolute atomic E-state index is 0.163. The molecule has 0 radical (unpaired) electrons. The summed E-state index contributed by atoms with van der Waals surface area (Å²) in [5, 5.41) is 0. The predicted molar refractivity (Wildman–Crippen MR) is 79.2 cm³/mol. The van der Waals surface area contributed by atoms with E-state index in [9.17, 15) is 8.42 Å². The van der Waals surface area contributed by atoms with Gasteiger partial charge in [-0.1, -0.05) is 30.3 Å². The quantitative estimate of drug-likeness (QED) is 0.830. The Morgan fingerprint density at radius 1 is 1.25 bits per heavy atom. The Bertz CT molecular complexity index is 498. The molecule has 1 aromatic rings. The van der Waals surface area contributed by atoms with Crippen LogP contribution in [-0.2, 0) is 21.2 Å². The highest BCUT2D eigenvalue weighted by Gasteiger charge is 2.22. The average Bonchev–Trinajstić information content (AvgIpc) is 2.44. The highest BCUT2D eigenvalue weighted by Crippen LogP contribution is 2.11. The van der Waals surface area contributed by atoms with E-state index < -0.39 is 10.0 Å². The zero-order chi connectivity index (χ0) is 14.4. The minimum Gasteiger partial charge on any atom is -0.379 e. The van der Waals surface area contributed by atoms with Crippen molar-refractivity contribution in [3.8, 4) is 0 Å². The van der Waals surface area contributed by atoms with E-state index in [1.807, 2.05) is 18.2 Å². The fourth-order valence-corrected chi connectivity index (χ4v) is 2.90. The summed E-state index contributed by atoms with van der Waals surface area (Å²) >= 11 is 0. The van der Waals surface area contributed by atoms with Crippen LogP contribution in [0, 0.1) is 0 Å². The van der Waals surface area contributed by atoms with Crippen LogP contribution in [0.5, 0.6) is 0 Å². The molecule has 1 aliphatic heterocycles. The highest BCUT2D eigenvalue weighted by atomic mass is 32.2. The molecule has 1 heterocycles. The summed E-state index contributed by atoms with van der Waals surface area (Å²) < 4.78 is 30.6. The smallest absolute Gasteiger partial charge is 0.208 e. The minimum atomic E-state index is -3.16. The lowest BCUT2D eigenvalue weighted by molar-refractivity contribution is 0.0177. The van der Waals surface area contributed by atoms with Gasteiger partial charge in [-0.25, -0.2) is 13.1 Å². The zero-order valence-corrected chi connectivity index (χ0v) is 12.6. The van der Waals surface area contributed by atoms with Gasteiger partial charge in [-0.3, -0.25) is 4.90 Å². The van der Waals surface area contributed by atoms with Crippen LogP contribution in [0.15, 0.2) is 30.3 Å². The molecule has 112 valence electrons. The van der Waals surface area contributed by atoms with Crippen LogP contribution in [0.25, 0.3) is 0 Å². The van der Waals surface area contributed by atoms with Gasteiger partial charge in [0.05, 0.1) is 19.5 Å². The number of nitrogens with one attached hydrogen (secondary N) is 1. The molecule has 1 unspecified atom stereocenters. The predicted octanol–water partition coefficient (Wildman–Crippen LogP) is 0.479. The number of morpholine rings is 1. The zero-order valence-electron chi connectivity index (χ0n) is 11.8. The molecule has 1 aromatic carbocycles. The van der Waals surface area contributed by atoms with E-state index in [2.05, 4.69) is 21.8 Å². The first-order valence-electron chi connectivity index (χ1n) is 6.85. The average molecular weight is 298 g/mol. The van der Waals surface area contributed by atoms with Crippen molar-refractivity contribution in [1.82, 2.24) is 9.62 Å². The van der Waals surface area contributed by atoms with Crippen LogP contribution >= 0.6 is 0 Å². The van der Waals surface area contributed by atoms with Crippen molar-refractivity contribution in [2.24, 2.45) is 0 Å². The van der Waals surface area contributed by atoms with Crippen LogP contribution in [0.1, 0.15) is 5.56 Å². The van der Waals surface area contributed by atoms with Crippen molar-refractivity contribution in [3.63, 3.8) is 0 Å². The van der Waals surface area contributed by atoms with E-state index in [1.165, 1.54) is 11.8 Å². The summed E-state index contributed by atoms with van der Waals surface area (Å²) in [4.78, 5) is 2.30. The monoisotopic (exact) mass is 298 g/mol. The summed E-state index contributed by atoms with van der Waals surface area (Å²) in [7, 11) is -3.16. The Morgan fingerprint density at radius 2 is 1.90 bits per heavy atom. The largest absolute Gasteiger partial charge is 0.379 e. The number of ether oxygens (including phenoxy) is 1. The van der Waals surface area contributed by atoms with Gasteiger partial charge in [0.25, 0.3) is 0 Å². The number of nitrogens with zero attached hydrogens (tertiary/aromatic N) is 1. The third kappa shape index (κ3) is 5.20. The molecule has 20 heavy (non-hydrogen) atoms. The summed E-state index contributed by atoms with van der Waals surface area (Å²) in [6.07, 6.45) is 2.04. The molecule has 0 spiro atoms. The van der Waals surface area contributed by atoms with Crippen LogP contribution in [0.2, 0.25) is 0 Å². The second kappa shape index (κ2) is 7.17. The highest BCUT2D eigenvalue weighted by molar-refractivity contribution is 7.88. The molecule has 6 heteroatoms. The van der Waals surface area contributed by atoms with Crippen molar-refractivity contribution in [2.75, 3.05) is 39.1 Å². The molecule has 1 fully saturated rings. The van der Waals surface area contributed by atoms with Crippen LogP contribution in [0.4, 0.5) is 0 Å². The molecule has 0 amide bonds. The first-order chi connectivity index (χ1) is 9.54. The summed E-state index contributed by atoms with van der Waals surface area (Å²) in [5.41, 5.74) is 1.22. The van der Waals surface area contributed by atoms with Crippen molar-refractivity contribution >= 4 is 10.0 Å². The molecule has 0 aliphatic carbocycles. The molecule has 1 aliphatic rings. The third-order valence-corrected chi connectivity index (χ3v) is 4.15. The van der Waals surface area contributed by atoms with Crippen LogP contribution in [0.3, 0.4) is 0 Å². The Labute approximate surface area is 121 Å². The molecule has 1 N–H and O–H groups in total. The number of hydrogen-bond donors (Lipinski definition) is 1. The molecule has 2 rings (SSSR count). The van der Waals surface area contributed by atoms with Gasteiger partial charge < -0.3 is 4.74 Å². The maximum Gasteiger partial charge on any atom is 0.208 e. The molecule has 0 aromatic heterocycles. The first-order valence-corrected chi connectivity index (χ1v) is 8.74. The fourth-order valence-electron chi connectivity index (χ4n) is 2.41. The summed E-state index contributed by atoms with van der Waals surface area (Å²) in [6, 6.07) is 10.3. The van der Waals surface area contributed by atoms with Gasteiger partial charge in [-0.05, 0) is 12.0 Å². The van der Waals surface area contributed by atoms with Gasteiger partial charge in [0, 0.05) is 25.7 Å². The van der Waals surface area contributed by atoms with Gasteiger partial charge in [0.15, 0.2) is 0 Å². The van der Waals surface area contributed by atoms with E-state index in [-0.39, 0.29) is 6.04 Å². The van der Waals surface area contributed by atoms with Crippen LogP contribution in [-0.4, -0.2) is 58.5 Å². The van der Waals surface area contributed by atoms with Gasteiger partial charge in [0.1, 0.15) is 0 Å². The van der Waals surface area contributed by atoms with E-state index in [0.717, 1.165) is 19.5 Å².